The summed E-state index contributed by atoms with van der Waals surface area (Å²) in [6.07, 6.45) is 3.71. The van der Waals surface area contributed by atoms with E-state index in [1.165, 1.54) is 11.6 Å². The second-order valence-electron chi connectivity index (χ2n) is 4.00. The van der Waals surface area contributed by atoms with E-state index in [-0.39, 0.29) is 5.69 Å². The molecule has 0 spiro atoms. The molecule has 0 radical (unpaired) electrons. The summed E-state index contributed by atoms with van der Waals surface area (Å²) in [4.78, 5) is 14.8. The molecule has 0 amide bonds. The monoisotopic (exact) mass is 239 g/mol. The second kappa shape index (κ2) is 5.27. The largest absolute Gasteiger partial charge is 0.477 e. The van der Waals surface area contributed by atoms with Gasteiger partial charge in [0.25, 0.3) is 0 Å². The summed E-state index contributed by atoms with van der Waals surface area (Å²) in [5.41, 5.74) is 2.96. The SMILES string of the molecule is Cc1ccc(/C=C/c2cccc(C(=O)O)n2)cc1. The summed E-state index contributed by atoms with van der Waals surface area (Å²) in [6.45, 7) is 2.03. The van der Waals surface area contributed by atoms with Gasteiger partial charge in [-0.3, -0.25) is 0 Å². The first-order chi connectivity index (χ1) is 8.65. The van der Waals surface area contributed by atoms with Gasteiger partial charge in [-0.15, -0.1) is 0 Å². The van der Waals surface area contributed by atoms with Gasteiger partial charge in [-0.2, -0.15) is 0 Å². The highest BCUT2D eigenvalue weighted by Gasteiger charge is 2.02. The van der Waals surface area contributed by atoms with Crippen LogP contribution in [0.25, 0.3) is 12.2 Å². The Morgan fingerprint density at radius 1 is 1.11 bits per heavy atom. The average Bonchev–Trinajstić information content (AvgIpc) is 2.38. The minimum Gasteiger partial charge on any atom is -0.477 e. The predicted octanol–water partition coefficient (Wildman–Crippen LogP) is 3.26. The molecule has 2 aromatic rings. The molecule has 0 saturated carbocycles. The van der Waals surface area contributed by atoms with Gasteiger partial charge in [0.1, 0.15) is 5.69 Å². The molecule has 3 nitrogen and oxygen atoms in total. The number of aryl methyl sites for hydroxylation is 1. The lowest BCUT2D eigenvalue weighted by molar-refractivity contribution is 0.0690. The topological polar surface area (TPSA) is 50.2 Å². The molecule has 0 unspecified atom stereocenters. The van der Waals surface area contributed by atoms with E-state index in [1.807, 2.05) is 37.3 Å². The number of pyridine rings is 1. The van der Waals surface area contributed by atoms with Crippen molar-refractivity contribution in [2.45, 2.75) is 6.92 Å². The molecule has 1 aromatic heterocycles. The number of nitrogens with zero attached hydrogens (tertiary/aromatic N) is 1. The minimum atomic E-state index is -1.01. The highest BCUT2D eigenvalue weighted by molar-refractivity contribution is 5.85. The van der Waals surface area contributed by atoms with Gasteiger partial charge in [-0.05, 0) is 30.7 Å². The van der Waals surface area contributed by atoms with E-state index in [2.05, 4.69) is 4.98 Å². The lowest BCUT2D eigenvalue weighted by Gasteiger charge is -1.97. The third-order valence-corrected chi connectivity index (χ3v) is 2.51. The molecule has 0 saturated heterocycles. The standard InChI is InChI=1S/C15H13NO2/c1-11-5-7-12(8-6-11)9-10-13-3-2-4-14(16-13)15(17)18/h2-10H,1H3,(H,17,18)/b10-9+. The number of rotatable bonds is 3. The molecule has 0 aliphatic heterocycles. The molecule has 0 aliphatic rings. The third-order valence-electron chi connectivity index (χ3n) is 2.51. The van der Waals surface area contributed by atoms with Crippen molar-refractivity contribution < 1.29 is 9.90 Å². The number of hydrogen-bond acceptors (Lipinski definition) is 2. The van der Waals surface area contributed by atoms with Crippen LogP contribution in [0.4, 0.5) is 0 Å². The zero-order valence-corrected chi connectivity index (χ0v) is 10.00. The maximum atomic E-state index is 10.8. The Kier molecular flexibility index (Phi) is 3.53. The van der Waals surface area contributed by atoms with E-state index in [4.69, 9.17) is 5.11 Å². The Hall–Kier alpha value is -2.42. The Balaban J connectivity index is 2.20. The van der Waals surface area contributed by atoms with Crippen LogP contribution in [0, 0.1) is 6.92 Å². The average molecular weight is 239 g/mol. The molecule has 1 N–H and O–H groups in total. The van der Waals surface area contributed by atoms with Crippen molar-refractivity contribution in [1.29, 1.82) is 0 Å². The molecule has 18 heavy (non-hydrogen) atoms. The molecule has 2 rings (SSSR count). The fourth-order valence-corrected chi connectivity index (χ4v) is 1.52. The zero-order chi connectivity index (χ0) is 13.0. The van der Waals surface area contributed by atoms with Crippen LogP contribution in [-0.2, 0) is 0 Å². The van der Waals surface area contributed by atoms with Crippen LogP contribution in [0.1, 0.15) is 27.3 Å². The lowest BCUT2D eigenvalue weighted by Crippen LogP contribution is -2.00. The Morgan fingerprint density at radius 2 is 1.83 bits per heavy atom. The maximum absolute atomic E-state index is 10.8. The third kappa shape index (κ3) is 3.04. The van der Waals surface area contributed by atoms with E-state index < -0.39 is 5.97 Å². The van der Waals surface area contributed by atoms with Gasteiger partial charge >= 0.3 is 5.97 Å². The van der Waals surface area contributed by atoms with Crippen LogP contribution < -0.4 is 0 Å². The molecule has 1 aromatic carbocycles. The van der Waals surface area contributed by atoms with Gasteiger partial charge in [-0.1, -0.05) is 42.0 Å². The molecular weight excluding hydrogens is 226 g/mol. The highest BCUT2D eigenvalue weighted by atomic mass is 16.4. The first-order valence-electron chi connectivity index (χ1n) is 5.60. The molecular formula is C15H13NO2. The van der Waals surface area contributed by atoms with Gasteiger partial charge in [-0.25, -0.2) is 9.78 Å². The summed E-state index contributed by atoms with van der Waals surface area (Å²) in [5, 5.41) is 8.84. The van der Waals surface area contributed by atoms with Gasteiger partial charge in [0.2, 0.25) is 0 Å². The van der Waals surface area contributed by atoms with Crippen molar-refractivity contribution in [2.24, 2.45) is 0 Å². The molecule has 0 atom stereocenters. The van der Waals surface area contributed by atoms with Gasteiger partial charge in [0.15, 0.2) is 0 Å². The molecule has 0 aliphatic carbocycles. The van der Waals surface area contributed by atoms with Crippen molar-refractivity contribution in [1.82, 2.24) is 4.98 Å². The van der Waals surface area contributed by atoms with Crippen molar-refractivity contribution in [2.75, 3.05) is 0 Å². The molecule has 0 fully saturated rings. The van der Waals surface area contributed by atoms with E-state index in [9.17, 15) is 4.79 Å². The lowest BCUT2D eigenvalue weighted by atomic mass is 10.1. The minimum absolute atomic E-state index is 0.0565. The highest BCUT2D eigenvalue weighted by Crippen LogP contribution is 2.08. The summed E-state index contributed by atoms with van der Waals surface area (Å²) < 4.78 is 0. The quantitative estimate of drug-likeness (QED) is 0.894. The van der Waals surface area contributed by atoms with Crippen LogP contribution in [-0.4, -0.2) is 16.1 Å². The zero-order valence-electron chi connectivity index (χ0n) is 10.00. The van der Waals surface area contributed by atoms with Crippen LogP contribution in [0.5, 0.6) is 0 Å². The smallest absolute Gasteiger partial charge is 0.354 e. The summed E-state index contributed by atoms with van der Waals surface area (Å²) >= 11 is 0. The van der Waals surface area contributed by atoms with E-state index in [0.29, 0.717) is 5.69 Å². The molecule has 1 heterocycles. The summed E-state index contributed by atoms with van der Waals surface area (Å²) in [5.74, 6) is -1.01. The van der Waals surface area contributed by atoms with Crippen molar-refractivity contribution in [3.63, 3.8) is 0 Å². The first-order valence-corrected chi connectivity index (χ1v) is 5.60. The number of carbonyl (C=O) groups is 1. The number of carboxylic acids is 1. The van der Waals surface area contributed by atoms with Gasteiger partial charge in [0, 0.05) is 0 Å². The Bertz CT molecular complexity index is 586. The van der Waals surface area contributed by atoms with Crippen LogP contribution >= 0.6 is 0 Å². The van der Waals surface area contributed by atoms with Crippen molar-refractivity contribution in [3.05, 3.63) is 65.0 Å². The van der Waals surface area contributed by atoms with Gasteiger partial charge < -0.3 is 5.11 Å². The fraction of sp³-hybridized carbons (Fsp3) is 0.0667. The normalized spacial score (nSPS) is 10.7. The molecule has 90 valence electrons. The van der Waals surface area contributed by atoms with E-state index in [0.717, 1.165) is 5.56 Å². The van der Waals surface area contributed by atoms with E-state index in [1.54, 1.807) is 18.2 Å². The first kappa shape index (κ1) is 12.0. The number of carboxylic acid groups (broad SMARTS) is 1. The predicted molar refractivity (Wildman–Crippen MR) is 71.3 cm³/mol. The number of aromatic carboxylic acids is 1. The summed E-state index contributed by atoms with van der Waals surface area (Å²) in [7, 11) is 0. The Morgan fingerprint density at radius 3 is 2.50 bits per heavy atom. The van der Waals surface area contributed by atoms with Crippen LogP contribution in [0.2, 0.25) is 0 Å². The van der Waals surface area contributed by atoms with Crippen molar-refractivity contribution in [3.8, 4) is 0 Å². The molecule has 3 heteroatoms. The Labute approximate surface area is 105 Å². The number of benzene rings is 1. The van der Waals surface area contributed by atoms with E-state index >= 15 is 0 Å². The van der Waals surface area contributed by atoms with Gasteiger partial charge in [0.05, 0.1) is 5.69 Å². The maximum Gasteiger partial charge on any atom is 0.354 e. The molecule has 0 bridgehead atoms. The number of aromatic nitrogens is 1. The van der Waals surface area contributed by atoms with Crippen molar-refractivity contribution >= 4 is 18.1 Å². The number of hydrogen-bond donors (Lipinski definition) is 1. The van der Waals surface area contributed by atoms with Crippen LogP contribution in [0.3, 0.4) is 0 Å². The fourth-order valence-electron chi connectivity index (χ4n) is 1.52. The summed E-state index contributed by atoms with van der Waals surface area (Å²) in [6, 6.07) is 13.0. The van der Waals surface area contributed by atoms with Crippen LogP contribution in [0.15, 0.2) is 42.5 Å². The second-order valence-corrected chi connectivity index (χ2v) is 4.00.